The van der Waals surface area contributed by atoms with Gasteiger partial charge in [-0.3, -0.25) is 4.68 Å². The molecule has 0 aliphatic rings. The fraction of sp³-hybridized carbons (Fsp3) is 0.385. The van der Waals surface area contributed by atoms with Crippen LogP contribution in [-0.4, -0.2) is 29.7 Å². The highest BCUT2D eigenvalue weighted by Gasteiger charge is 2.12. The van der Waals surface area contributed by atoms with Gasteiger partial charge in [0.25, 0.3) is 0 Å². The first-order valence-corrected chi connectivity index (χ1v) is 8.17. The zero-order valence-corrected chi connectivity index (χ0v) is 12.9. The maximum Gasteiger partial charge on any atom is 0.240 e. The molecule has 0 spiro atoms. The molecule has 8 heteroatoms. The SMILES string of the molecule is CCCNS(=O)(=O)c1ccc(NCc2ncn(C)n2)cc1. The number of nitrogens with zero attached hydrogens (tertiary/aromatic N) is 3. The average molecular weight is 309 g/mol. The molecule has 2 N–H and O–H groups in total. The predicted octanol–water partition coefficient (Wildman–Crippen LogP) is 1.12. The van der Waals surface area contributed by atoms with Crippen LogP contribution in [0.25, 0.3) is 0 Å². The first kappa shape index (κ1) is 15.5. The second kappa shape index (κ2) is 6.68. The van der Waals surface area contributed by atoms with Crippen LogP contribution >= 0.6 is 0 Å². The van der Waals surface area contributed by atoms with Crippen LogP contribution in [-0.2, 0) is 23.6 Å². The summed E-state index contributed by atoms with van der Waals surface area (Å²) in [5, 5.41) is 7.30. The quantitative estimate of drug-likeness (QED) is 0.800. The Morgan fingerprint density at radius 2 is 1.95 bits per heavy atom. The summed E-state index contributed by atoms with van der Waals surface area (Å²) in [5.41, 5.74) is 0.817. The van der Waals surface area contributed by atoms with Crippen LogP contribution in [0.1, 0.15) is 19.2 Å². The molecule has 7 nitrogen and oxygen atoms in total. The number of rotatable bonds is 7. The van der Waals surface area contributed by atoms with Crippen LogP contribution in [0.5, 0.6) is 0 Å². The molecule has 21 heavy (non-hydrogen) atoms. The van der Waals surface area contributed by atoms with Gasteiger partial charge in [-0.1, -0.05) is 6.92 Å². The van der Waals surface area contributed by atoms with Crippen molar-refractivity contribution in [1.82, 2.24) is 19.5 Å². The summed E-state index contributed by atoms with van der Waals surface area (Å²) in [6.07, 6.45) is 2.39. The Kier molecular flexibility index (Phi) is 4.92. The molecule has 0 saturated heterocycles. The van der Waals surface area contributed by atoms with Crippen molar-refractivity contribution < 1.29 is 8.42 Å². The lowest BCUT2D eigenvalue weighted by Crippen LogP contribution is -2.24. The van der Waals surface area contributed by atoms with Gasteiger partial charge in [0, 0.05) is 19.3 Å². The van der Waals surface area contributed by atoms with E-state index in [1.165, 1.54) is 0 Å². The molecule has 1 heterocycles. The Morgan fingerprint density at radius 1 is 1.24 bits per heavy atom. The molecule has 2 aromatic rings. The molecule has 0 atom stereocenters. The molecule has 0 bridgehead atoms. The zero-order chi connectivity index (χ0) is 15.3. The number of nitrogens with one attached hydrogen (secondary N) is 2. The molecule has 0 unspecified atom stereocenters. The Hall–Kier alpha value is -1.93. The summed E-state index contributed by atoms with van der Waals surface area (Å²) < 4.78 is 28.0. The van der Waals surface area contributed by atoms with Crippen LogP contribution in [0.15, 0.2) is 35.5 Å². The number of benzene rings is 1. The van der Waals surface area contributed by atoms with Crippen molar-refractivity contribution in [2.24, 2.45) is 7.05 Å². The second-order valence-corrected chi connectivity index (χ2v) is 6.38. The molecule has 0 amide bonds. The van der Waals surface area contributed by atoms with Gasteiger partial charge in [0.15, 0.2) is 5.82 Å². The van der Waals surface area contributed by atoms with E-state index in [2.05, 4.69) is 20.1 Å². The van der Waals surface area contributed by atoms with Crippen LogP contribution < -0.4 is 10.0 Å². The Morgan fingerprint density at radius 3 is 2.52 bits per heavy atom. The smallest absolute Gasteiger partial charge is 0.240 e. The van der Waals surface area contributed by atoms with Gasteiger partial charge < -0.3 is 5.32 Å². The van der Waals surface area contributed by atoms with Gasteiger partial charge in [-0.2, -0.15) is 5.10 Å². The first-order chi connectivity index (χ1) is 10.0. The molecule has 0 radical (unpaired) electrons. The molecule has 2 rings (SSSR count). The van der Waals surface area contributed by atoms with Crippen LogP contribution in [0.4, 0.5) is 5.69 Å². The summed E-state index contributed by atoms with van der Waals surface area (Å²) >= 11 is 0. The van der Waals surface area contributed by atoms with Crippen molar-refractivity contribution in [2.45, 2.75) is 24.8 Å². The normalized spacial score (nSPS) is 11.5. The molecule has 1 aromatic heterocycles. The minimum Gasteiger partial charge on any atom is -0.378 e. The number of sulfonamides is 1. The van der Waals surface area contributed by atoms with E-state index in [1.807, 2.05) is 6.92 Å². The predicted molar refractivity (Wildman–Crippen MR) is 80.3 cm³/mol. The number of hydrogen-bond acceptors (Lipinski definition) is 5. The van der Waals surface area contributed by atoms with Crippen LogP contribution in [0.2, 0.25) is 0 Å². The van der Waals surface area contributed by atoms with Gasteiger partial charge in [-0.25, -0.2) is 18.1 Å². The third-order valence-corrected chi connectivity index (χ3v) is 4.28. The van der Waals surface area contributed by atoms with Gasteiger partial charge in [0.1, 0.15) is 6.33 Å². The molecular weight excluding hydrogens is 290 g/mol. The number of aryl methyl sites for hydroxylation is 1. The Labute approximate surface area is 124 Å². The van der Waals surface area contributed by atoms with Gasteiger partial charge in [-0.05, 0) is 30.7 Å². The van der Waals surface area contributed by atoms with Gasteiger partial charge in [-0.15, -0.1) is 0 Å². The Balaban J connectivity index is 1.98. The van der Waals surface area contributed by atoms with E-state index in [0.29, 0.717) is 18.9 Å². The molecule has 114 valence electrons. The highest BCUT2D eigenvalue weighted by molar-refractivity contribution is 7.89. The lowest BCUT2D eigenvalue weighted by Gasteiger charge is -2.07. The van der Waals surface area contributed by atoms with Gasteiger partial charge in [0.05, 0.1) is 11.4 Å². The fourth-order valence-corrected chi connectivity index (χ4v) is 2.85. The highest BCUT2D eigenvalue weighted by Crippen LogP contribution is 2.14. The van der Waals surface area contributed by atoms with Crippen molar-refractivity contribution in [3.63, 3.8) is 0 Å². The minimum atomic E-state index is -3.41. The summed E-state index contributed by atoms with van der Waals surface area (Å²) in [7, 11) is -1.60. The van der Waals surface area contributed by atoms with Crippen molar-refractivity contribution in [2.75, 3.05) is 11.9 Å². The lowest BCUT2D eigenvalue weighted by atomic mass is 10.3. The van der Waals surface area contributed by atoms with E-state index < -0.39 is 10.0 Å². The number of hydrogen-bond donors (Lipinski definition) is 2. The molecule has 0 aliphatic heterocycles. The van der Waals surface area contributed by atoms with E-state index in [9.17, 15) is 8.42 Å². The largest absolute Gasteiger partial charge is 0.378 e. The van der Waals surface area contributed by atoms with Crippen molar-refractivity contribution in [3.8, 4) is 0 Å². The van der Waals surface area contributed by atoms with Crippen LogP contribution in [0.3, 0.4) is 0 Å². The highest BCUT2D eigenvalue weighted by atomic mass is 32.2. The van der Waals surface area contributed by atoms with Crippen LogP contribution in [0, 0.1) is 0 Å². The minimum absolute atomic E-state index is 0.262. The lowest BCUT2D eigenvalue weighted by molar-refractivity contribution is 0.581. The maximum atomic E-state index is 11.9. The molecule has 0 saturated carbocycles. The second-order valence-electron chi connectivity index (χ2n) is 4.61. The summed E-state index contributed by atoms with van der Waals surface area (Å²) in [5.74, 6) is 0.679. The topological polar surface area (TPSA) is 88.9 Å². The molecular formula is C13H19N5O2S. The van der Waals surface area contributed by atoms with Crippen molar-refractivity contribution >= 4 is 15.7 Å². The van der Waals surface area contributed by atoms with Gasteiger partial charge >= 0.3 is 0 Å². The maximum absolute atomic E-state index is 11.9. The first-order valence-electron chi connectivity index (χ1n) is 6.69. The van der Waals surface area contributed by atoms with E-state index in [1.54, 1.807) is 42.3 Å². The van der Waals surface area contributed by atoms with E-state index in [0.717, 1.165) is 12.1 Å². The standard InChI is InChI=1S/C13H19N5O2S/c1-3-8-16-21(19,20)12-6-4-11(5-7-12)14-9-13-15-10-18(2)17-13/h4-7,10,14,16H,3,8-9H2,1-2H3. The monoisotopic (exact) mass is 309 g/mol. The fourth-order valence-electron chi connectivity index (χ4n) is 1.72. The summed E-state index contributed by atoms with van der Waals surface area (Å²) in [6, 6.07) is 6.60. The molecule has 0 fully saturated rings. The summed E-state index contributed by atoms with van der Waals surface area (Å²) in [4.78, 5) is 4.37. The molecule has 1 aromatic carbocycles. The third kappa shape index (κ3) is 4.27. The average Bonchev–Trinajstić information content (AvgIpc) is 2.89. The Bertz CT molecular complexity index is 679. The molecule has 0 aliphatic carbocycles. The third-order valence-electron chi connectivity index (χ3n) is 2.80. The van der Waals surface area contributed by atoms with Gasteiger partial charge in [0.2, 0.25) is 10.0 Å². The summed E-state index contributed by atoms with van der Waals surface area (Å²) in [6.45, 7) is 2.84. The number of anilines is 1. The van der Waals surface area contributed by atoms with Crippen molar-refractivity contribution in [3.05, 3.63) is 36.4 Å². The van der Waals surface area contributed by atoms with E-state index in [-0.39, 0.29) is 4.90 Å². The van der Waals surface area contributed by atoms with E-state index >= 15 is 0 Å². The number of aromatic nitrogens is 3. The zero-order valence-electron chi connectivity index (χ0n) is 12.1. The van der Waals surface area contributed by atoms with E-state index in [4.69, 9.17) is 0 Å². The van der Waals surface area contributed by atoms with Crippen molar-refractivity contribution in [1.29, 1.82) is 0 Å².